The predicted molar refractivity (Wildman–Crippen MR) is 117 cm³/mol. The number of carbonyl (C=O) groups excluding carboxylic acids is 2. The smallest absolute Gasteiger partial charge is 0.311 e. The minimum Gasteiger partial charge on any atom is -0.427 e. The van der Waals surface area contributed by atoms with Crippen molar-refractivity contribution in [3.8, 4) is 5.75 Å². The zero-order valence-corrected chi connectivity index (χ0v) is 16.1. The van der Waals surface area contributed by atoms with Gasteiger partial charge in [0.25, 0.3) is 0 Å². The first-order valence-corrected chi connectivity index (χ1v) is 9.43. The fraction of sp³-hybridized carbons (Fsp3) is 0.0769. The number of hydrogen-bond acceptors (Lipinski definition) is 3. The molecule has 0 atom stereocenters. The summed E-state index contributed by atoms with van der Waals surface area (Å²) in [5.41, 5.74) is 3.64. The van der Waals surface area contributed by atoms with Gasteiger partial charge < -0.3 is 4.74 Å². The molecule has 0 radical (unpaired) electrons. The van der Waals surface area contributed by atoms with Crippen molar-refractivity contribution in [1.82, 2.24) is 0 Å². The standard InChI is InChI=1S/C26H22O3/c1-2-20-8-10-21(11-9-20)15-19-26(28)29-24-16-12-22(13-17-24)14-18-25(27)23-6-4-3-5-7-23/h2-14,16-18H,1,15,19H2. The number of aryl methyl sites for hydroxylation is 1. The quantitative estimate of drug-likeness (QED) is 0.215. The van der Waals surface area contributed by atoms with E-state index in [0.29, 0.717) is 24.2 Å². The first kappa shape index (κ1) is 20.0. The van der Waals surface area contributed by atoms with Gasteiger partial charge in [0, 0.05) is 12.0 Å². The van der Waals surface area contributed by atoms with E-state index in [1.165, 1.54) is 6.08 Å². The average Bonchev–Trinajstić information content (AvgIpc) is 2.78. The third-order valence-electron chi connectivity index (χ3n) is 4.43. The van der Waals surface area contributed by atoms with Gasteiger partial charge in [0.2, 0.25) is 0 Å². The SMILES string of the molecule is C=Cc1ccc(CCC(=O)Oc2ccc(C=CC(=O)c3ccccc3)cc2)cc1. The van der Waals surface area contributed by atoms with Gasteiger partial charge in [-0.2, -0.15) is 0 Å². The van der Waals surface area contributed by atoms with Gasteiger partial charge in [-0.3, -0.25) is 9.59 Å². The van der Waals surface area contributed by atoms with Crippen LogP contribution in [-0.2, 0) is 11.2 Å². The third kappa shape index (κ3) is 6.15. The molecule has 0 saturated heterocycles. The van der Waals surface area contributed by atoms with Crippen molar-refractivity contribution < 1.29 is 14.3 Å². The van der Waals surface area contributed by atoms with Crippen LogP contribution in [0.1, 0.15) is 33.5 Å². The van der Waals surface area contributed by atoms with Crippen LogP contribution < -0.4 is 4.74 Å². The van der Waals surface area contributed by atoms with E-state index in [0.717, 1.165) is 16.7 Å². The second-order valence-electron chi connectivity index (χ2n) is 6.55. The Morgan fingerprint density at radius 3 is 2.14 bits per heavy atom. The number of allylic oxidation sites excluding steroid dienone is 1. The summed E-state index contributed by atoms with van der Waals surface area (Å²) in [5.74, 6) is 0.158. The van der Waals surface area contributed by atoms with E-state index in [1.807, 2.05) is 54.6 Å². The highest BCUT2D eigenvalue weighted by Crippen LogP contribution is 2.15. The molecule has 3 heteroatoms. The molecule has 29 heavy (non-hydrogen) atoms. The highest BCUT2D eigenvalue weighted by Gasteiger charge is 2.06. The molecule has 3 aromatic rings. The summed E-state index contributed by atoms with van der Waals surface area (Å²) in [7, 11) is 0. The molecule has 0 amide bonds. The molecule has 0 fully saturated rings. The van der Waals surface area contributed by atoms with Crippen LogP contribution in [0.5, 0.6) is 5.75 Å². The van der Waals surface area contributed by atoms with E-state index in [-0.39, 0.29) is 11.8 Å². The van der Waals surface area contributed by atoms with Gasteiger partial charge in [-0.05, 0) is 41.3 Å². The van der Waals surface area contributed by atoms with E-state index >= 15 is 0 Å². The largest absolute Gasteiger partial charge is 0.427 e. The molecule has 144 valence electrons. The Bertz CT molecular complexity index is 998. The first-order chi connectivity index (χ1) is 14.1. The Balaban J connectivity index is 1.50. The molecule has 0 N–H and O–H groups in total. The lowest BCUT2D eigenvalue weighted by Gasteiger charge is -2.05. The second-order valence-corrected chi connectivity index (χ2v) is 6.55. The van der Waals surface area contributed by atoms with Gasteiger partial charge in [-0.1, -0.05) is 85.5 Å². The van der Waals surface area contributed by atoms with Crippen LogP contribution in [0.4, 0.5) is 0 Å². The van der Waals surface area contributed by atoms with Crippen molar-refractivity contribution in [3.05, 3.63) is 114 Å². The topological polar surface area (TPSA) is 43.4 Å². The van der Waals surface area contributed by atoms with Crippen LogP contribution in [0.25, 0.3) is 12.2 Å². The van der Waals surface area contributed by atoms with Crippen LogP contribution in [0.2, 0.25) is 0 Å². The maximum Gasteiger partial charge on any atom is 0.311 e. The Morgan fingerprint density at radius 2 is 1.48 bits per heavy atom. The van der Waals surface area contributed by atoms with Crippen molar-refractivity contribution in [2.24, 2.45) is 0 Å². The minimum absolute atomic E-state index is 0.0535. The zero-order valence-electron chi connectivity index (χ0n) is 16.1. The minimum atomic E-state index is -0.277. The number of ether oxygens (including phenoxy) is 1. The number of esters is 1. The Labute approximate surface area is 171 Å². The molecule has 3 nitrogen and oxygen atoms in total. The first-order valence-electron chi connectivity index (χ1n) is 9.43. The number of rotatable bonds is 8. The normalized spacial score (nSPS) is 10.6. The van der Waals surface area contributed by atoms with Crippen molar-refractivity contribution in [2.45, 2.75) is 12.8 Å². The molecule has 3 aromatic carbocycles. The summed E-state index contributed by atoms with van der Waals surface area (Å²) in [6.45, 7) is 3.73. The van der Waals surface area contributed by atoms with Crippen LogP contribution in [0.15, 0.2) is 91.5 Å². The summed E-state index contributed by atoms with van der Waals surface area (Å²) in [4.78, 5) is 24.2. The van der Waals surface area contributed by atoms with Crippen LogP contribution in [0.3, 0.4) is 0 Å². The molecular formula is C26H22O3. The lowest BCUT2D eigenvalue weighted by atomic mass is 10.1. The lowest BCUT2D eigenvalue weighted by Crippen LogP contribution is -2.09. The second kappa shape index (κ2) is 10.00. The van der Waals surface area contributed by atoms with Crippen LogP contribution in [-0.4, -0.2) is 11.8 Å². The summed E-state index contributed by atoms with van der Waals surface area (Å²) in [6, 6.07) is 24.1. The molecule has 0 saturated carbocycles. The van der Waals surface area contributed by atoms with Gasteiger partial charge in [0.05, 0.1) is 0 Å². The number of benzene rings is 3. The van der Waals surface area contributed by atoms with Crippen LogP contribution in [0, 0.1) is 0 Å². The Hall–Kier alpha value is -3.72. The third-order valence-corrected chi connectivity index (χ3v) is 4.43. The summed E-state index contributed by atoms with van der Waals surface area (Å²) in [6.07, 6.45) is 6.00. The molecule has 0 bridgehead atoms. The summed E-state index contributed by atoms with van der Waals surface area (Å²) < 4.78 is 5.38. The molecule has 3 rings (SSSR count). The van der Waals surface area contributed by atoms with Gasteiger partial charge in [0.1, 0.15) is 5.75 Å². The number of carbonyl (C=O) groups is 2. The van der Waals surface area contributed by atoms with Gasteiger partial charge in [-0.15, -0.1) is 0 Å². The number of hydrogen-bond donors (Lipinski definition) is 0. The van der Waals surface area contributed by atoms with E-state index in [9.17, 15) is 9.59 Å². The summed E-state index contributed by atoms with van der Waals surface area (Å²) >= 11 is 0. The molecule has 0 unspecified atom stereocenters. The fourth-order valence-electron chi connectivity index (χ4n) is 2.77. The molecule has 0 spiro atoms. The van der Waals surface area contributed by atoms with E-state index in [2.05, 4.69) is 6.58 Å². The van der Waals surface area contributed by atoms with Crippen molar-refractivity contribution in [2.75, 3.05) is 0 Å². The molecule has 0 heterocycles. The predicted octanol–water partition coefficient (Wildman–Crippen LogP) is 5.76. The fourth-order valence-corrected chi connectivity index (χ4v) is 2.77. The van der Waals surface area contributed by atoms with E-state index in [4.69, 9.17) is 4.74 Å². The lowest BCUT2D eigenvalue weighted by molar-refractivity contribution is -0.134. The summed E-state index contributed by atoms with van der Waals surface area (Å²) in [5, 5.41) is 0. The maximum absolute atomic E-state index is 12.1. The number of ketones is 1. The van der Waals surface area contributed by atoms with Crippen LogP contribution >= 0.6 is 0 Å². The molecule has 0 aliphatic carbocycles. The zero-order chi connectivity index (χ0) is 20.5. The maximum atomic E-state index is 12.1. The monoisotopic (exact) mass is 382 g/mol. The van der Waals surface area contributed by atoms with Gasteiger partial charge >= 0.3 is 5.97 Å². The van der Waals surface area contributed by atoms with E-state index < -0.39 is 0 Å². The highest BCUT2D eigenvalue weighted by molar-refractivity contribution is 6.06. The molecule has 0 aliphatic rings. The molecule has 0 aromatic heterocycles. The van der Waals surface area contributed by atoms with Crippen molar-refractivity contribution in [1.29, 1.82) is 0 Å². The molecule has 0 aliphatic heterocycles. The molecular weight excluding hydrogens is 360 g/mol. The van der Waals surface area contributed by atoms with Gasteiger partial charge in [0.15, 0.2) is 5.78 Å². The Kier molecular flexibility index (Phi) is 6.90. The van der Waals surface area contributed by atoms with Gasteiger partial charge in [-0.25, -0.2) is 0 Å². The Morgan fingerprint density at radius 1 is 0.828 bits per heavy atom. The van der Waals surface area contributed by atoms with E-state index in [1.54, 1.807) is 36.4 Å². The average molecular weight is 382 g/mol. The highest BCUT2D eigenvalue weighted by atomic mass is 16.5. The van der Waals surface area contributed by atoms with Crippen molar-refractivity contribution >= 4 is 23.9 Å². The van der Waals surface area contributed by atoms with Crippen molar-refractivity contribution in [3.63, 3.8) is 0 Å².